The average Bonchev–Trinajstić information content (AvgIpc) is 3.12. The average molecular weight is 331 g/mol. The van der Waals surface area contributed by atoms with Gasteiger partial charge in [0.25, 0.3) is 0 Å². The first kappa shape index (κ1) is 15.1. The van der Waals surface area contributed by atoms with Crippen LogP contribution >= 0.6 is 23.1 Å². The highest BCUT2D eigenvalue weighted by atomic mass is 32.2. The first-order valence-corrected chi connectivity index (χ1v) is 8.81. The van der Waals surface area contributed by atoms with E-state index in [2.05, 4.69) is 21.4 Å². The molecule has 6 heteroatoms. The lowest BCUT2D eigenvalue weighted by atomic mass is 10.2. The van der Waals surface area contributed by atoms with Crippen molar-refractivity contribution in [3.05, 3.63) is 46.2 Å². The predicted octanol–water partition coefficient (Wildman–Crippen LogP) is 3.73. The maximum absolute atomic E-state index is 12.1. The van der Waals surface area contributed by atoms with E-state index in [4.69, 9.17) is 0 Å². The van der Waals surface area contributed by atoms with E-state index >= 15 is 0 Å². The Hall–Kier alpha value is -1.79. The van der Waals surface area contributed by atoms with Crippen LogP contribution in [0, 0.1) is 6.92 Å². The quantitative estimate of drug-likeness (QED) is 0.700. The number of fused-ring (bicyclic) bond motifs is 1. The van der Waals surface area contributed by atoms with Crippen LogP contribution in [0.1, 0.15) is 17.4 Å². The number of nitrogens with zero attached hydrogens (tertiary/aromatic N) is 1. The number of thioether (sulfide) groups is 1. The van der Waals surface area contributed by atoms with Crippen molar-refractivity contribution >= 4 is 40.0 Å². The Kier molecular flexibility index (Phi) is 4.49. The van der Waals surface area contributed by atoms with Gasteiger partial charge < -0.3 is 10.3 Å². The third-order valence-electron chi connectivity index (χ3n) is 3.29. The van der Waals surface area contributed by atoms with Crippen molar-refractivity contribution in [3.63, 3.8) is 0 Å². The Morgan fingerprint density at radius 2 is 2.32 bits per heavy atom. The molecule has 22 heavy (non-hydrogen) atoms. The largest absolute Gasteiger partial charge is 0.350 e. The smallest absolute Gasteiger partial charge is 0.233 e. The van der Waals surface area contributed by atoms with Crippen LogP contribution in [0.15, 0.2) is 40.9 Å². The fourth-order valence-electron chi connectivity index (χ4n) is 2.11. The number of aromatic amines is 1. The third-order valence-corrected chi connectivity index (χ3v) is 5.15. The van der Waals surface area contributed by atoms with Crippen LogP contribution in [0.3, 0.4) is 0 Å². The molecule has 3 rings (SSSR count). The summed E-state index contributed by atoms with van der Waals surface area (Å²) < 4.78 is 0. The van der Waals surface area contributed by atoms with Gasteiger partial charge in [-0.2, -0.15) is 0 Å². The first-order chi connectivity index (χ1) is 10.6. The zero-order valence-corrected chi connectivity index (χ0v) is 14.1. The molecule has 1 aromatic carbocycles. The number of benzene rings is 1. The first-order valence-electron chi connectivity index (χ1n) is 7.05. The van der Waals surface area contributed by atoms with Crippen LogP contribution in [0.4, 0.5) is 0 Å². The van der Waals surface area contributed by atoms with E-state index in [1.54, 1.807) is 11.3 Å². The van der Waals surface area contributed by atoms with E-state index in [0.29, 0.717) is 6.54 Å². The molecule has 0 saturated heterocycles. The summed E-state index contributed by atoms with van der Waals surface area (Å²) in [6, 6.07) is 10.1. The standard InChI is InChI=1S/C16H17N3OS2/c1-10-5-6-13-14(8-10)19-16(18-13)22-11(2)15(20)17-9-12-4-3-7-21-12/h3-8,11H,9H2,1-2H3,(H,17,20)(H,18,19). The Balaban J connectivity index is 1.61. The third kappa shape index (κ3) is 3.51. The molecule has 0 radical (unpaired) electrons. The fourth-order valence-corrected chi connectivity index (χ4v) is 3.60. The van der Waals surface area contributed by atoms with Crippen LogP contribution in [-0.4, -0.2) is 21.1 Å². The zero-order chi connectivity index (χ0) is 15.5. The van der Waals surface area contributed by atoms with Gasteiger partial charge in [0.2, 0.25) is 5.91 Å². The van der Waals surface area contributed by atoms with Crippen LogP contribution in [0.25, 0.3) is 11.0 Å². The summed E-state index contributed by atoms with van der Waals surface area (Å²) >= 11 is 3.09. The van der Waals surface area contributed by atoms with Crippen molar-refractivity contribution in [1.82, 2.24) is 15.3 Å². The lowest BCUT2D eigenvalue weighted by Crippen LogP contribution is -2.30. The van der Waals surface area contributed by atoms with Gasteiger partial charge in [-0.3, -0.25) is 4.79 Å². The van der Waals surface area contributed by atoms with Gasteiger partial charge in [0.15, 0.2) is 5.16 Å². The van der Waals surface area contributed by atoms with Crippen molar-refractivity contribution in [1.29, 1.82) is 0 Å². The minimum absolute atomic E-state index is 0.0232. The van der Waals surface area contributed by atoms with Crippen molar-refractivity contribution < 1.29 is 4.79 Å². The van der Waals surface area contributed by atoms with Crippen molar-refractivity contribution in [2.24, 2.45) is 0 Å². The van der Waals surface area contributed by atoms with E-state index < -0.39 is 0 Å². The van der Waals surface area contributed by atoms with Gasteiger partial charge in [0.05, 0.1) is 22.8 Å². The number of aryl methyl sites for hydroxylation is 1. The number of imidazole rings is 1. The molecule has 0 bridgehead atoms. The number of nitrogens with one attached hydrogen (secondary N) is 2. The summed E-state index contributed by atoms with van der Waals surface area (Å²) in [5.74, 6) is 0.0232. The lowest BCUT2D eigenvalue weighted by Gasteiger charge is -2.09. The molecular weight excluding hydrogens is 314 g/mol. The molecule has 2 heterocycles. The molecule has 3 aromatic rings. The summed E-state index contributed by atoms with van der Waals surface area (Å²) in [5.41, 5.74) is 3.13. The highest BCUT2D eigenvalue weighted by Crippen LogP contribution is 2.24. The Bertz CT molecular complexity index is 780. The van der Waals surface area contributed by atoms with Crippen LogP contribution in [0.5, 0.6) is 0 Å². The van der Waals surface area contributed by atoms with Gasteiger partial charge >= 0.3 is 0 Å². The van der Waals surface area contributed by atoms with E-state index in [9.17, 15) is 4.79 Å². The number of hydrogen-bond donors (Lipinski definition) is 2. The number of H-pyrrole nitrogens is 1. The van der Waals surface area contributed by atoms with E-state index in [0.717, 1.165) is 21.1 Å². The number of carbonyl (C=O) groups excluding carboxylic acids is 1. The van der Waals surface area contributed by atoms with E-state index in [-0.39, 0.29) is 11.2 Å². The number of amides is 1. The number of thiophene rings is 1. The Morgan fingerprint density at radius 3 is 3.09 bits per heavy atom. The minimum Gasteiger partial charge on any atom is -0.350 e. The molecule has 1 amide bonds. The Labute approximate surface area is 137 Å². The fraction of sp³-hybridized carbons (Fsp3) is 0.250. The van der Waals surface area contributed by atoms with Crippen LogP contribution in [0.2, 0.25) is 0 Å². The lowest BCUT2D eigenvalue weighted by molar-refractivity contribution is -0.120. The summed E-state index contributed by atoms with van der Waals surface area (Å²) in [5, 5.41) is 5.55. The van der Waals surface area contributed by atoms with Crippen molar-refractivity contribution in [2.75, 3.05) is 0 Å². The molecule has 0 saturated carbocycles. The van der Waals surface area contributed by atoms with Gasteiger partial charge in [-0.25, -0.2) is 4.98 Å². The Morgan fingerprint density at radius 1 is 1.45 bits per heavy atom. The number of rotatable bonds is 5. The second kappa shape index (κ2) is 6.54. The molecule has 2 N–H and O–H groups in total. The molecule has 0 aliphatic carbocycles. The normalized spacial score (nSPS) is 12.5. The van der Waals surface area contributed by atoms with Gasteiger partial charge in [-0.05, 0) is 43.0 Å². The molecule has 1 unspecified atom stereocenters. The summed E-state index contributed by atoms with van der Waals surface area (Å²) in [6.07, 6.45) is 0. The molecule has 0 aliphatic heterocycles. The van der Waals surface area contributed by atoms with Crippen molar-refractivity contribution in [3.8, 4) is 0 Å². The van der Waals surface area contributed by atoms with Gasteiger partial charge in [0.1, 0.15) is 0 Å². The van der Waals surface area contributed by atoms with E-state index in [1.165, 1.54) is 17.3 Å². The molecule has 0 aliphatic rings. The van der Waals surface area contributed by atoms with Crippen LogP contribution in [-0.2, 0) is 11.3 Å². The summed E-state index contributed by atoms with van der Waals surface area (Å²) in [6.45, 7) is 4.53. The SMILES string of the molecule is Cc1ccc2nc(SC(C)C(=O)NCc3cccs3)[nH]c2c1. The summed E-state index contributed by atoms with van der Waals surface area (Å²) in [4.78, 5) is 21.1. The van der Waals surface area contributed by atoms with Crippen molar-refractivity contribution in [2.45, 2.75) is 30.8 Å². The second-order valence-corrected chi connectivity index (χ2v) is 7.48. The highest BCUT2D eigenvalue weighted by molar-refractivity contribution is 8.00. The maximum Gasteiger partial charge on any atom is 0.233 e. The molecule has 114 valence electrons. The molecule has 0 fully saturated rings. The molecule has 1 atom stereocenters. The van der Waals surface area contributed by atoms with Gasteiger partial charge in [-0.1, -0.05) is 23.9 Å². The topological polar surface area (TPSA) is 57.8 Å². The number of carbonyl (C=O) groups is 1. The minimum atomic E-state index is -0.193. The molecule has 2 aromatic heterocycles. The predicted molar refractivity (Wildman–Crippen MR) is 92.3 cm³/mol. The van der Waals surface area contributed by atoms with Gasteiger partial charge in [-0.15, -0.1) is 11.3 Å². The monoisotopic (exact) mass is 331 g/mol. The number of hydrogen-bond acceptors (Lipinski definition) is 4. The molecule has 4 nitrogen and oxygen atoms in total. The second-order valence-electron chi connectivity index (χ2n) is 5.12. The zero-order valence-electron chi connectivity index (χ0n) is 12.4. The number of aromatic nitrogens is 2. The molecule has 0 spiro atoms. The van der Waals surface area contributed by atoms with Gasteiger partial charge in [0, 0.05) is 4.88 Å². The highest BCUT2D eigenvalue weighted by Gasteiger charge is 2.16. The van der Waals surface area contributed by atoms with E-state index in [1.807, 2.05) is 43.5 Å². The molecular formula is C16H17N3OS2. The summed E-state index contributed by atoms with van der Waals surface area (Å²) in [7, 11) is 0. The van der Waals surface area contributed by atoms with Crippen LogP contribution < -0.4 is 5.32 Å². The maximum atomic E-state index is 12.1.